The molecule has 116 valence electrons. The zero-order chi connectivity index (χ0) is 16.1. The zero-order valence-electron chi connectivity index (χ0n) is 13.0. The minimum absolute atomic E-state index is 0.0558. The second-order valence-electron chi connectivity index (χ2n) is 5.53. The van der Waals surface area contributed by atoms with Crippen LogP contribution in [-0.4, -0.2) is 17.5 Å². The standard InChI is InChI=1S/C19H20Cl2O/c1-13-3-5-17(15(11-13)7-9-20)19(22)18-6-4-14(2)12-16(18)8-10-21/h3-6,11-12H,7-10H2,1-2H3. The molecule has 3 heteroatoms. The van der Waals surface area contributed by atoms with E-state index in [2.05, 4.69) is 0 Å². The summed E-state index contributed by atoms with van der Waals surface area (Å²) in [5, 5.41) is 0. The van der Waals surface area contributed by atoms with Crippen LogP contribution in [-0.2, 0) is 12.8 Å². The van der Waals surface area contributed by atoms with Crippen LogP contribution in [0.15, 0.2) is 36.4 Å². The minimum Gasteiger partial charge on any atom is -0.289 e. The number of hydrogen-bond donors (Lipinski definition) is 0. The first-order chi connectivity index (χ1) is 10.6. The second kappa shape index (κ2) is 7.80. The molecule has 0 aliphatic heterocycles. The van der Waals surface area contributed by atoms with E-state index in [0.717, 1.165) is 33.4 Å². The number of hydrogen-bond acceptors (Lipinski definition) is 1. The van der Waals surface area contributed by atoms with Crippen molar-refractivity contribution in [1.82, 2.24) is 0 Å². The molecule has 2 rings (SSSR count). The van der Waals surface area contributed by atoms with Crippen molar-refractivity contribution >= 4 is 29.0 Å². The molecule has 0 heterocycles. The molecule has 0 aromatic heterocycles. The fourth-order valence-corrected chi connectivity index (χ4v) is 3.06. The number of benzene rings is 2. The van der Waals surface area contributed by atoms with Gasteiger partial charge in [-0.25, -0.2) is 0 Å². The number of halogens is 2. The minimum atomic E-state index is 0.0558. The number of rotatable bonds is 6. The summed E-state index contributed by atoms with van der Waals surface area (Å²) in [5.41, 5.74) is 5.79. The maximum Gasteiger partial charge on any atom is 0.193 e. The molecule has 0 fully saturated rings. The lowest BCUT2D eigenvalue weighted by Crippen LogP contribution is -2.10. The highest BCUT2D eigenvalue weighted by atomic mass is 35.5. The molecule has 0 amide bonds. The normalized spacial score (nSPS) is 10.7. The maximum absolute atomic E-state index is 13.0. The van der Waals surface area contributed by atoms with Gasteiger partial charge >= 0.3 is 0 Å². The quantitative estimate of drug-likeness (QED) is 0.530. The van der Waals surface area contributed by atoms with Crippen LogP contribution >= 0.6 is 23.2 Å². The van der Waals surface area contributed by atoms with Crippen molar-refractivity contribution in [2.75, 3.05) is 11.8 Å². The van der Waals surface area contributed by atoms with Gasteiger partial charge in [0.05, 0.1) is 0 Å². The van der Waals surface area contributed by atoms with E-state index in [1.54, 1.807) is 0 Å². The molecule has 0 saturated carbocycles. The van der Waals surface area contributed by atoms with Crippen molar-refractivity contribution in [2.45, 2.75) is 26.7 Å². The summed E-state index contributed by atoms with van der Waals surface area (Å²) in [7, 11) is 0. The number of ketones is 1. The summed E-state index contributed by atoms with van der Waals surface area (Å²) in [5.74, 6) is 1.07. The molecular formula is C19H20Cl2O. The van der Waals surface area contributed by atoms with E-state index in [1.807, 2.05) is 50.2 Å². The summed E-state index contributed by atoms with van der Waals surface area (Å²) in [6.45, 7) is 4.05. The Bertz CT molecular complexity index is 620. The fraction of sp³-hybridized carbons (Fsp3) is 0.316. The van der Waals surface area contributed by atoms with Crippen LogP contribution in [0.3, 0.4) is 0 Å². The molecule has 2 aromatic rings. The van der Waals surface area contributed by atoms with Crippen LogP contribution in [0.1, 0.15) is 38.2 Å². The SMILES string of the molecule is Cc1ccc(C(=O)c2ccc(C)cc2CCCl)c(CCCl)c1. The predicted octanol–water partition coefficient (Wildman–Crippen LogP) is 5.10. The molecular weight excluding hydrogens is 315 g/mol. The Morgan fingerprint density at radius 1 is 0.818 bits per heavy atom. The Labute approximate surface area is 142 Å². The van der Waals surface area contributed by atoms with Crippen molar-refractivity contribution < 1.29 is 4.79 Å². The Hall–Kier alpha value is -1.31. The summed E-state index contributed by atoms with van der Waals surface area (Å²) >= 11 is 11.8. The van der Waals surface area contributed by atoms with Gasteiger partial charge in [-0.3, -0.25) is 4.79 Å². The van der Waals surface area contributed by atoms with Gasteiger partial charge < -0.3 is 0 Å². The van der Waals surface area contributed by atoms with Crippen molar-refractivity contribution in [3.05, 3.63) is 69.8 Å². The lowest BCUT2D eigenvalue weighted by atomic mass is 9.91. The summed E-state index contributed by atoms with van der Waals surface area (Å²) in [6, 6.07) is 11.9. The van der Waals surface area contributed by atoms with Crippen molar-refractivity contribution in [3.8, 4) is 0 Å². The van der Waals surface area contributed by atoms with Crippen LogP contribution in [0.2, 0.25) is 0 Å². The van der Waals surface area contributed by atoms with Crippen molar-refractivity contribution in [3.63, 3.8) is 0 Å². The van der Waals surface area contributed by atoms with E-state index in [1.165, 1.54) is 0 Å². The number of alkyl halides is 2. The van der Waals surface area contributed by atoms with Gasteiger partial charge in [0.15, 0.2) is 5.78 Å². The van der Waals surface area contributed by atoms with Crippen LogP contribution in [0.25, 0.3) is 0 Å². The first-order valence-corrected chi connectivity index (χ1v) is 8.49. The number of carbonyl (C=O) groups is 1. The Balaban J connectivity index is 2.48. The van der Waals surface area contributed by atoms with E-state index in [0.29, 0.717) is 24.6 Å². The molecule has 0 atom stereocenters. The van der Waals surface area contributed by atoms with Gasteiger partial charge in [-0.2, -0.15) is 0 Å². The number of aryl methyl sites for hydroxylation is 4. The molecule has 0 saturated heterocycles. The van der Waals surface area contributed by atoms with E-state index in [4.69, 9.17) is 23.2 Å². The molecule has 2 aromatic carbocycles. The van der Waals surface area contributed by atoms with E-state index >= 15 is 0 Å². The summed E-state index contributed by atoms with van der Waals surface area (Å²) in [4.78, 5) is 13.0. The lowest BCUT2D eigenvalue weighted by molar-refractivity contribution is 0.103. The third kappa shape index (κ3) is 3.91. The van der Waals surface area contributed by atoms with Gasteiger partial charge in [0, 0.05) is 22.9 Å². The van der Waals surface area contributed by atoms with Crippen LogP contribution < -0.4 is 0 Å². The first kappa shape index (κ1) is 17.1. The van der Waals surface area contributed by atoms with E-state index in [-0.39, 0.29) is 5.78 Å². The largest absolute Gasteiger partial charge is 0.289 e. The fourth-order valence-electron chi connectivity index (χ4n) is 2.65. The molecule has 0 spiro atoms. The maximum atomic E-state index is 13.0. The summed E-state index contributed by atoms with van der Waals surface area (Å²) < 4.78 is 0. The third-order valence-corrected chi connectivity index (χ3v) is 4.12. The first-order valence-electron chi connectivity index (χ1n) is 7.42. The topological polar surface area (TPSA) is 17.1 Å². The molecule has 0 aliphatic carbocycles. The summed E-state index contributed by atoms with van der Waals surface area (Å²) in [6.07, 6.45) is 1.39. The molecule has 0 N–H and O–H groups in total. The molecule has 0 bridgehead atoms. The Kier molecular flexibility index (Phi) is 6.05. The monoisotopic (exact) mass is 334 g/mol. The van der Waals surface area contributed by atoms with Crippen molar-refractivity contribution in [1.29, 1.82) is 0 Å². The van der Waals surface area contributed by atoms with E-state index in [9.17, 15) is 4.79 Å². The lowest BCUT2D eigenvalue weighted by Gasteiger charge is -2.12. The van der Waals surface area contributed by atoms with E-state index < -0.39 is 0 Å². The van der Waals surface area contributed by atoms with Crippen LogP contribution in [0, 0.1) is 13.8 Å². The number of carbonyl (C=O) groups excluding carboxylic acids is 1. The van der Waals surface area contributed by atoms with Gasteiger partial charge in [-0.1, -0.05) is 47.5 Å². The molecule has 22 heavy (non-hydrogen) atoms. The zero-order valence-corrected chi connectivity index (χ0v) is 14.5. The third-order valence-electron chi connectivity index (χ3n) is 3.74. The molecule has 0 aliphatic rings. The molecule has 1 nitrogen and oxygen atoms in total. The van der Waals surface area contributed by atoms with Crippen LogP contribution in [0.5, 0.6) is 0 Å². The second-order valence-corrected chi connectivity index (χ2v) is 6.28. The highest BCUT2D eigenvalue weighted by Crippen LogP contribution is 2.21. The predicted molar refractivity (Wildman–Crippen MR) is 94.6 cm³/mol. The van der Waals surface area contributed by atoms with Gasteiger partial charge in [-0.15, -0.1) is 23.2 Å². The average molecular weight is 335 g/mol. The van der Waals surface area contributed by atoms with Crippen LogP contribution in [0.4, 0.5) is 0 Å². The smallest absolute Gasteiger partial charge is 0.193 e. The van der Waals surface area contributed by atoms with Gasteiger partial charge in [0.25, 0.3) is 0 Å². The van der Waals surface area contributed by atoms with Crippen molar-refractivity contribution in [2.24, 2.45) is 0 Å². The molecule has 0 radical (unpaired) electrons. The Morgan fingerprint density at radius 2 is 1.23 bits per heavy atom. The van der Waals surface area contributed by atoms with Gasteiger partial charge in [0.1, 0.15) is 0 Å². The highest BCUT2D eigenvalue weighted by Gasteiger charge is 2.17. The Morgan fingerprint density at radius 3 is 1.59 bits per heavy atom. The molecule has 0 unspecified atom stereocenters. The average Bonchev–Trinajstić information content (AvgIpc) is 2.48. The van der Waals surface area contributed by atoms with Gasteiger partial charge in [-0.05, 0) is 37.8 Å². The highest BCUT2D eigenvalue weighted by molar-refractivity contribution is 6.18. The van der Waals surface area contributed by atoms with Gasteiger partial charge in [0.2, 0.25) is 0 Å².